The first-order valence-electron chi connectivity index (χ1n) is 3.96. The van der Waals surface area contributed by atoms with E-state index in [4.69, 9.17) is 14.6 Å². The molecule has 0 aromatic carbocycles. The van der Waals surface area contributed by atoms with Crippen LogP contribution in [0.5, 0.6) is 0 Å². The molecule has 3 nitrogen and oxygen atoms in total. The van der Waals surface area contributed by atoms with E-state index in [1.165, 1.54) is 0 Å². The Kier molecular flexibility index (Phi) is 4.01. The molecule has 0 saturated carbocycles. The largest absolute Gasteiger partial charge is 0.473 e. The summed E-state index contributed by atoms with van der Waals surface area (Å²) in [5.74, 6) is 0. The van der Waals surface area contributed by atoms with Crippen LogP contribution >= 0.6 is 0 Å². The number of allylic oxidation sites excluding steroid dienone is 1. The Hall–Kier alpha value is -0.540. The predicted octanol–water partition coefficient (Wildman–Crippen LogP) is 1.04. The van der Waals surface area contributed by atoms with E-state index in [1.54, 1.807) is 6.26 Å². The lowest BCUT2D eigenvalue weighted by Gasteiger charge is -2.19. The number of hydrogen-bond acceptors (Lipinski definition) is 3. The Bertz CT molecular complexity index is 123. The lowest BCUT2D eigenvalue weighted by molar-refractivity contribution is -0.117. The van der Waals surface area contributed by atoms with Gasteiger partial charge in [-0.05, 0) is 18.9 Å². The summed E-state index contributed by atoms with van der Waals surface area (Å²) in [5, 5.41) is 8.46. The van der Waals surface area contributed by atoms with Gasteiger partial charge in [0.2, 0.25) is 0 Å². The van der Waals surface area contributed by atoms with Crippen LogP contribution in [0.4, 0.5) is 0 Å². The maximum atomic E-state index is 8.46. The van der Waals surface area contributed by atoms with Crippen LogP contribution in [0.1, 0.15) is 19.3 Å². The van der Waals surface area contributed by atoms with Crippen molar-refractivity contribution in [3.8, 4) is 0 Å². The van der Waals surface area contributed by atoms with Crippen LogP contribution in [0.15, 0.2) is 12.3 Å². The van der Waals surface area contributed by atoms with E-state index in [2.05, 4.69) is 0 Å². The second-order valence-electron chi connectivity index (χ2n) is 2.46. The molecule has 0 aliphatic carbocycles. The molecule has 64 valence electrons. The number of rotatable bonds is 4. The molecule has 3 heteroatoms. The second-order valence-corrected chi connectivity index (χ2v) is 2.46. The molecule has 1 aliphatic heterocycles. The Morgan fingerprint density at radius 1 is 1.64 bits per heavy atom. The Labute approximate surface area is 66.6 Å². The summed E-state index contributed by atoms with van der Waals surface area (Å²) in [4.78, 5) is 0. The van der Waals surface area contributed by atoms with Crippen molar-refractivity contribution in [3.05, 3.63) is 12.3 Å². The van der Waals surface area contributed by atoms with Gasteiger partial charge < -0.3 is 14.6 Å². The first-order chi connectivity index (χ1) is 5.43. The molecule has 1 unspecified atom stereocenters. The first kappa shape index (κ1) is 8.56. The quantitative estimate of drug-likeness (QED) is 0.621. The Morgan fingerprint density at radius 3 is 3.18 bits per heavy atom. The summed E-state index contributed by atoms with van der Waals surface area (Å²) >= 11 is 0. The number of aliphatic hydroxyl groups is 1. The maximum Gasteiger partial charge on any atom is 0.199 e. The molecule has 0 spiro atoms. The fourth-order valence-electron chi connectivity index (χ4n) is 0.914. The third-order valence-electron chi connectivity index (χ3n) is 1.50. The van der Waals surface area contributed by atoms with Gasteiger partial charge in [-0.25, -0.2) is 0 Å². The van der Waals surface area contributed by atoms with Crippen LogP contribution in [0.25, 0.3) is 0 Å². The van der Waals surface area contributed by atoms with Crippen LogP contribution in [0.3, 0.4) is 0 Å². The van der Waals surface area contributed by atoms with Crippen molar-refractivity contribution in [2.75, 3.05) is 13.2 Å². The zero-order valence-electron chi connectivity index (χ0n) is 6.53. The van der Waals surface area contributed by atoms with Gasteiger partial charge in [0.1, 0.15) is 0 Å². The van der Waals surface area contributed by atoms with E-state index in [0.29, 0.717) is 13.0 Å². The normalized spacial score (nSPS) is 23.2. The minimum absolute atomic E-state index is 0.0912. The molecule has 0 bridgehead atoms. The van der Waals surface area contributed by atoms with E-state index in [0.717, 1.165) is 12.8 Å². The average molecular weight is 158 g/mol. The van der Waals surface area contributed by atoms with Gasteiger partial charge in [-0.15, -0.1) is 0 Å². The molecule has 0 amide bonds. The Balaban J connectivity index is 2.02. The monoisotopic (exact) mass is 158 g/mol. The highest BCUT2D eigenvalue weighted by atomic mass is 16.7. The average Bonchev–Trinajstić information content (AvgIpc) is 2.07. The lowest BCUT2D eigenvalue weighted by atomic mass is 10.3. The van der Waals surface area contributed by atoms with E-state index in [1.807, 2.05) is 6.08 Å². The molecule has 1 heterocycles. The van der Waals surface area contributed by atoms with E-state index in [9.17, 15) is 0 Å². The summed E-state index contributed by atoms with van der Waals surface area (Å²) in [5.41, 5.74) is 0. The van der Waals surface area contributed by atoms with Gasteiger partial charge in [0, 0.05) is 13.0 Å². The fraction of sp³-hybridized carbons (Fsp3) is 0.750. The van der Waals surface area contributed by atoms with Crippen molar-refractivity contribution in [2.24, 2.45) is 0 Å². The SMILES string of the molecule is OCCCOC1CCC=CO1. The molecule has 0 aromatic heterocycles. The number of ether oxygens (including phenoxy) is 2. The van der Waals surface area contributed by atoms with Gasteiger partial charge in [-0.2, -0.15) is 0 Å². The second kappa shape index (κ2) is 5.16. The summed E-state index contributed by atoms with van der Waals surface area (Å²) in [7, 11) is 0. The van der Waals surface area contributed by atoms with Gasteiger partial charge >= 0.3 is 0 Å². The van der Waals surface area contributed by atoms with Gasteiger partial charge in [0.05, 0.1) is 12.9 Å². The smallest absolute Gasteiger partial charge is 0.199 e. The topological polar surface area (TPSA) is 38.7 Å². The highest BCUT2D eigenvalue weighted by Gasteiger charge is 2.09. The molecule has 11 heavy (non-hydrogen) atoms. The van der Waals surface area contributed by atoms with Crippen LogP contribution in [-0.2, 0) is 9.47 Å². The highest BCUT2D eigenvalue weighted by molar-refractivity contribution is 4.78. The van der Waals surface area contributed by atoms with Crippen molar-refractivity contribution in [1.82, 2.24) is 0 Å². The molecule has 1 atom stereocenters. The predicted molar refractivity (Wildman–Crippen MR) is 40.9 cm³/mol. The molecule has 0 fully saturated rings. The zero-order valence-corrected chi connectivity index (χ0v) is 6.53. The fourth-order valence-corrected chi connectivity index (χ4v) is 0.914. The molecule has 0 aromatic rings. The molecule has 1 N–H and O–H groups in total. The van der Waals surface area contributed by atoms with Crippen molar-refractivity contribution >= 4 is 0 Å². The summed E-state index contributed by atoms with van der Waals surface area (Å²) in [6.45, 7) is 0.761. The summed E-state index contributed by atoms with van der Waals surface area (Å²) < 4.78 is 10.4. The molecular weight excluding hydrogens is 144 g/mol. The van der Waals surface area contributed by atoms with E-state index >= 15 is 0 Å². The van der Waals surface area contributed by atoms with Crippen molar-refractivity contribution in [1.29, 1.82) is 0 Å². The molecular formula is C8H14O3. The van der Waals surface area contributed by atoms with E-state index < -0.39 is 0 Å². The van der Waals surface area contributed by atoms with Gasteiger partial charge in [-0.3, -0.25) is 0 Å². The van der Waals surface area contributed by atoms with Crippen molar-refractivity contribution in [2.45, 2.75) is 25.6 Å². The van der Waals surface area contributed by atoms with Crippen molar-refractivity contribution in [3.63, 3.8) is 0 Å². The summed E-state index contributed by atoms with van der Waals surface area (Å²) in [6.07, 6.45) is 6.18. The third kappa shape index (κ3) is 3.39. The number of hydrogen-bond donors (Lipinski definition) is 1. The lowest BCUT2D eigenvalue weighted by Crippen LogP contribution is -2.17. The van der Waals surface area contributed by atoms with Gasteiger partial charge in [0.15, 0.2) is 6.29 Å². The number of aliphatic hydroxyl groups excluding tert-OH is 1. The maximum absolute atomic E-state index is 8.46. The third-order valence-corrected chi connectivity index (χ3v) is 1.50. The van der Waals surface area contributed by atoms with Gasteiger partial charge in [0.25, 0.3) is 0 Å². The van der Waals surface area contributed by atoms with Crippen LogP contribution in [-0.4, -0.2) is 24.6 Å². The Morgan fingerprint density at radius 2 is 2.55 bits per heavy atom. The standard InChI is InChI=1S/C8H14O3/c9-5-3-7-11-8-4-1-2-6-10-8/h2,6,8-9H,1,3-5,7H2. The molecule has 1 rings (SSSR count). The first-order valence-corrected chi connectivity index (χ1v) is 3.96. The minimum Gasteiger partial charge on any atom is -0.473 e. The minimum atomic E-state index is -0.0912. The van der Waals surface area contributed by atoms with E-state index in [-0.39, 0.29) is 12.9 Å². The van der Waals surface area contributed by atoms with Crippen LogP contribution < -0.4 is 0 Å². The zero-order chi connectivity index (χ0) is 7.94. The summed E-state index contributed by atoms with van der Waals surface area (Å²) in [6, 6.07) is 0. The van der Waals surface area contributed by atoms with Gasteiger partial charge in [-0.1, -0.05) is 0 Å². The molecule has 0 saturated heterocycles. The van der Waals surface area contributed by atoms with Crippen molar-refractivity contribution < 1.29 is 14.6 Å². The molecule has 1 aliphatic rings. The molecule has 0 radical (unpaired) electrons. The van der Waals surface area contributed by atoms with Crippen LogP contribution in [0.2, 0.25) is 0 Å². The highest BCUT2D eigenvalue weighted by Crippen LogP contribution is 2.11. The van der Waals surface area contributed by atoms with Crippen LogP contribution in [0, 0.1) is 0 Å².